The highest BCUT2D eigenvalue weighted by Crippen LogP contribution is 2.34. The maximum absolute atomic E-state index is 12.7. The number of benzene rings is 1. The van der Waals surface area contributed by atoms with Crippen LogP contribution >= 0.6 is 0 Å². The molecule has 0 atom stereocenters. The molecule has 0 aliphatic carbocycles. The monoisotopic (exact) mass is 281 g/mol. The van der Waals surface area contributed by atoms with E-state index < -0.39 is 17.3 Å². The van der Waals surface area contributed by atoms with Gasteiger partial charge in [-0.1, -0.05) is 0 Å². The third kappa shape index (κ3) is 2.74. The Kier molecular flexibility index (Phi) is 3.40. The second-order valence-corrected chi connectivity index (χ2v) is 4.17. The molecule has 0 spiro atoms. The van der Waals surface area contributed by atoms with Crippen molar-refractivity contribution in [2.45, 2.75) is 13.1 Å². The molecule has 104 valence electrons. The second kappa shape index (κ2) is 4.89. The number of nitrogens with zero attached hydrogens (tertiary/aromatic N) is 3. The van der Waals surface area contributed by atoms with Crippen LogP contribution in [0.2, 0.25) is 0 Å². The van der Waals surface area contributed by atoms with E-state index >= 15 is 0 Å². The smallest absolute Gasteiger partial charge is 0.417 e. The summed E-state index contributed by atoms with van der Waals surface area (Å²) in [4.78, 5) is 0. The lowest BCUT2D eigenvalue weighted by Crippen LogP contribution is -2.07. The largest absolute Gasteiger partial charge is 0.439 e. The van der Waals surface area contributed by atoms with Crippen molar-refractivity contribution >= 4 is 0 Å². The molecule has 7 heteroatoms. The van der Waals surface area contributed by atoms with E-state index in [4.69, 9.17) is 10.00 Å². The topological polar surface area (TPSA) is 50.8 Å². The summed E-state index contributed by atoms with van der Waals surface area (Å²) in [6.45, 7) is 1.76. The highest BCUT2D eigenvalue weighted by Gasteiger charge is 2.33. The lowest BCUT2D eigenvalue weighted by Gasteiger charge is -2.10. The molecule has 0 unspecified atom stereocenters. The summed E-state index contributed by atoms with van der Waals surface area (Å²) in [5.74, 6) is 0.531. The molecule has 1 heterocycles. The SMILES string of the molecule is Cc1cc(Oc2ccc(C(F)(F)F)c(C#N)c2)n(C)n1. The number of aromatic nitrogens is 2. The molecule has 1 aromatic carbocycles. The average Bonchev–Trinajstić information content (AvgIpc) is 2.66. The first-order chi connectivity index (χ1) is 9.31. The molecule has 0 N–H and O–H groups in total. The van der Waals surface area contributed by atoms with Crippen molar-refractivity contribution in [1.29, 1.82) is 5.26 Å². The van der Waals surface area contributed by atoms with Crippen LogP contribution in [0.5, 0.6) is 11.6 Å². The minimum atomic E-state index is -4.56. The summed E-state index contributed by atoms with van der Waals surface area (Å²) < 4.78 is 44.8. The lowest BCUT2D eigenvalue weighted by atomic mass is 10.1. The highest BCUT2D eigenvalue weighted by atomic mass is 19.4. The number of alkyl halides is 3. The van der Waals surface area contributed by atoms with Crippen molar-refractivity contribution in [3.05, 3.63) is 41.1 Å². The van der Waals surface area contributed by atoms with Crippen LogP contribution in [0, 0.1) is 18.3 Å². The molecule has 0 saturated carbocycles. The molecule has 4 nitrogen and oxygen atoms in total. The maximum atomic E-state index is 12.7. The van der Waals surface area contributed by atoms with E-state index in [2.05, 4.69) is 5.10 Å². The van der Waals surface area contributed by atoms with Gasteiger partial charge in [0.15, 0.2) is 0 Å². The number of hydrogen-bond donors (Lipinski definition) is 0. The fourth-order valence-electron chi connectivity index (χ4n) is 1.73. The molecular formula is C13H10F3N3O. The van der Waals surface area contributed by atoms with Crippen molar-refractivity contribution < 1.29 is 17.9 Å². The Morgan fingerprint density at radius 1 is 1.30 bits per heavy atom. The summed E-state index contributed by atoms with van der Waals surface area (Å²) >= 11 is 0. The van der Waals surface area contributed by atoms with Gasteiger partial charge >= 0.3 is 6.18 Å². The van der Waals surface area contributed by atoms with Crippen molar-refractivity contribution in [2.24, 2.45) is 7.05 Å². The minimum Gasteiger partial charge on any atom is -0.439 e. The third-order valence-corrected chi connectivity index (χ3v) is 2.60. The molecule has 0 saturated heterocycles. The van der Waals surface area contributed by atoms with E-state index in [0.717, 1.165) is 17.8 Å². The Morgan fingerprint density at radius 3 is 2.50 bits per heavy atom. The molecule has 0 aliphatic heterocycles. The summed E-state index contributed by atoms with van der Waals surface area (Å²) in [6, 6.07) is 6.23. The van der Waals surface area contributed by atoms with Gasteiger partial charge in [0.1, 0.15) is 5.75 Å². The zero-order chi connectivity index (χ0) is 14.9. The van der Waals surface area contributed by atoms with Crippen molar-refractivity contribution in [3.8, 4) is 17.7 Å². The van der Waals surface area contributed by atoms with E-state index in [9.17, 15) is 13.2 Å². The first-order valence-corrected chi connectivity index (χ1v) is 5.61. The van der Waals surface area contributed by atoms with Gasteiger partial charge in [-0.05, 0) is 25.1 Å². The minimum absolute atomic E-state index is 0.151. The molecule has 0 fully saturated rings. The average molecular weight is 281 g/mol. The predicted molar refractivity (Wildman–Crippen MR) is 64.2 cm³/mol. The molecule has 0 aliphatic rings. The second-order valence-electron chi connectivity index (χ2n) is 4.17. The van der Waals surface area contributed by atoms with Gasteiger partial charge in [-0.15, -0.1) is 0 Å². The molecule has 20 heavy (non-hydrogen) atoms. The van der Waals surface area contributed by atoms with E-state index in [-0.39, 0.29) is 5.75 Å². The fraction of sp³-hybridized carbons (Fsp3) is 0.231. The number of hydrogen-bond acceptors (Lipinski definition) is 3. The van der Waals surface area contributed by atoms with Crippen LogP contribution in [0.3, 0.4) is 0 Å². The van der Waals surface area contributed by atoms with E-state index in [1.165, 1.54) is 16.8 Å². The first kappa shape index (κ1) is 13.9. The van der Waals surface area contributed by atoms with Gasteiger partial charge in [-0.25, -0.2) is 4.68 Å². The molecule has 0 bridgehead atoms. The van der Waals surface area contributed by atoms with Crippen molar-refractivity contribution in [1.82, 2.24) is 9.78 Å². The Morgan fingerprint density at radius 2 is 2.00 bits per heavy atom. The maximum Gasteiger partial charge on any atom is 0.417 e. The number of rotatable bonds is 2. The van der Waals surface area contributed by atoms with Crippen molar-refractivity contribution in [3.63, 3.8) is 0 Å². The van der Waals surface area contributed by atoms with Crippen LogP contribution in [-0.4, -0.2) is 9.78 Å². The number of nitriles is 1. The van der Waals surface area contributed by atoms with Crippen LogP contribution in [0.15, 0.2) is 24.3 Å². The molecule has 2 aromatic rings. The van der Waals surface area contributed by atoms with Crippen LogP contribution in [-0.2, 0) is 13.2 Å². The number of ether oxygens (including phenoxy) is 1. The standard InChI is InChI=1S/C13H10F3N3O/c1-8-5-12(19(2)18-8)20-10-3-4-11(13(14,15)16)9(6-10)7-17/h3-6H,1-2H3. The van der Waals surface area contributed by atoms with E-state index in [1.807, 2.05) is 0 Å². The van der Waals surface area contributed by atoms with Crippen LogP contribution in [0.1, 0.15) is 16.8 Å². The Bertz CT molecular complexity index is 683. The van der Waals surface area contributed by atoms with Crippen LogP contribution in [0.4, 0.5) is 13.2 Å². The number of halogens is 3. The summed E-state index contributed by atoms with van der Waals surface area (Å²) in [5.41, 5.74) is -0.739. The molecule has 0 amide bonds. The molecule has 0 radical (unpaired) electrons. The number of aryl methyl sites for hydroxylation is 2. The summed E-state index contributed by atoms with van der Waals surface area (Å²) in [7, 11) is 1.65. The fourth-order valence-corrected chi connectivity index (χ4v) is 1.73. The molecule has 1 aromatic heterocycles. The Hall–Kier alpha value is -2.49. The molecular weight excluding hydrogens is 271 g/mol. The van der Waals surface area contributed by atoms with Crippen LogP contribution in [0.25, 0.3) is 0 Å². The summed E-state index contributed by atoms with van der Waals surface area (Å²) in [5, 5.41) is 12.9. The lowest BCUT2D eigenvalue weighted by molar-refractivity contribution is -0.137. The van der Waals surface area contributed by atoms with Gasteiger partial charge in [0.05, 0.1) is 22.9 Å². The van der Waals surface area contributed by atoms with Crippen LogP contribution < -0.4 is 4.74 Å². The van der Waals surface area contributed by atoms with Gasteiger partial charge in [-0.3, -0.25) is 0 Å². The van der Waals surface area contributed by atoms with Gasteiger partial charge in [0.25, 0.3) is 0 Å². The van der Waals surface area contributed by atoms with Gasteiger partial charge in [-0.2, -0.15) is 23.5 Å². The Labute approximate surface area is 113 Å². The van der Waals surface area contributed by atoms with Gasteiger partial charge < -0.3 is 4.74 Å². The van der Waals surface area contributed by atoms with Crippen molar-refractivity contribution in [2.75, 3.05) is 0 Å². The quantitative estimate of drug-likeness (QED) is 0.847. The van der Waals surface area contributed by atoms with E-state index in [1.54, 1.807) is 20.0 Å². The summed E-state index contributed by atoms with van der Waals surface area (Å²) in [6.07, 6.45) is -4.56. The predicted octanol–water partition coefficient (Wildman–Crippen LogP) is 3.41. The normalized spacial score (nSPS) is 11.2. The van der Waals surface area contributed by atoms with Gasteiger partial charge in [0.2, 0.25) is 5.88 Å². The zero-order valence-electron chi connectivity index (χ0n) is 10.7. The highest BCUT2D eigenvalue weighted by molar-refractivity contribution is 5.45. The Balaban J connectivity index is 2.36. The van der Waals surface area contributed by atoms with Gasteiger partial charge in [0, 0.05) is 13.1 Å². The third-order valence-electron chi connectivity index (χ3n) is 2.60. The zero-order valence-corrected chi connectivity index (χ0v) is 10.7. The molecule has 2 rings (SSSR count). The first-order valence-electron chi connectivity index (χ1n) is 5.61. The van der Waals surface area contributed by atoms with E-state index in [0.29, 0.717) is 5.88 Å².